The van der Waals surface area contributed by atoms with Gasteiger partial charge in [0, 0.05) is 11.1 Å². The van der Waals surface area contributed by atoms with Gasteiger partial charge in [0.15, 0.2) is 5.78 Å². The Morgan fingerprint density at radius 3 is 1.16 bits per heavy atom. The first-order chi connectivity index (χ1) is 32.9. The lowest BCUT2D eigenvalue weighted by Gasteiger charge is -2.38. The van der Waals surface area contributed by atoms with E-state index in [2.05, 4.69) is 111 Å². The second kappa shape index (κ2) is 31.3. The Kier molecular flexibility index (Phi) is 28.1. The van der Waals surface area contributed by atoms with Crippen LogP contribution in [-0.2, 0) is 27.2 Å². The summed E-state index contributed by atoms with van der Waals surface area (Å²) in [6.07, 6.45) is 28.6. The monoisotopic (exact) mass is 975 g/mol. The molecular formula is C63H106O7. The molecule has 0 bridgehead atoms. The maximum Gasteiger partial charge on any atom is 0.373 e. The number of Topliss-reactive ketones (excluding diaryl/α,β-unsaturated/α-hetero) is 1. The molecule has 0 radical (unpaired) electrons. The number of rotatable bonds is 28. The summed E-state index contributed by atoms with van der Waals surface area (Å²) in [5.74, 6) is 9.23. The molecule has 4 rings (SSSR count). The molecule has 0 unspecified atom stereocenters. The number of hydrogen-bond donors (Lipinski definition) is 0. The fraction of sp³-hybridized carbons (Fsp3) is 0.778. The van der Waals surface area contributed by atoms with Crippen molar-refractivity contribution in [2.45, 2.75) is 270 Å². The molecule has 0 aromatic heterocycles. The van der Waals surface area contributed by atoms with E-state index in [9.17, 15) is 4.79 Å². The van der Waals surface area contributed by atoms with Gasteiger partial charge in [-0.25, -0.2) is 0 Å². The standard InChI is InChI=1S/C32H54O3.C30H52O2.CO2/c1-22(2)13-10-14-23(3)15-11-16-24(4)17-12-19-32(9)20-18-29-28(8)30(34-21-25(5)33)26(6)27(7)31(29)35-32;1-21(2)13-10-14-22(3)15-11-16-23(4)17-12-19-30(8)20-18-27-26(7)28(31-9)24(5)25(6)29(27)32-30;2-1-3/h22-24H,10-21H2,1-9H3;21-23H,10-20H2,1-9H3;/t23-,24-,32-;22-,23-,30-;/m11./s1. The number of fused-ring (bicyclic) bond motifs is 2. The van der Waals surface area contributed by atoms with Crippen LogP contribution in [0.4, 0.5) is 0 Å². The molecule has 7 nitrogen and oxygen atoms in total. The molecule has 0 N–H and O–H groups in total. The lowest BCUT2D eigenvalue weighted by molar-refractivity contribution is -0.191. The van der Waals surface area contributed by atoms with Gasteiger partial charge in [0.2, 0.25) is 0 Å². The van der Waals surface area contributed by atoms with Crippen LogP contribution in [0.3, 0.4) is 0 Å². The summed E-state index contributed by atoms with van der Waals surface area (Å²) >= 11 is 0. The third-order valence-electron chi connectivity index (χ3n) is 16.3. The van der Waals surface area contributed by atoms with Gasteiger partial charge in [-0.2, -0.15) is 9.59 Å². The van der Waals surface area contributed by atoms with Crippen molar-refractivity contribution in [3.05, 3.63) is 44.5 Å². The molecule has 0 saturated carbocycles. The van der Waals surface area contributed by atoms with Gasteiger partial charge in [-0.15, -0.1) is 0 Å². The van der Waals surface area contributed by atoms with Crippen LogP contribution in [0.1, 0.15) is 249 Å². The van der Waals surface area contributed by atoms with Gasteiger partial charge in [0.25, 0.3) is 0 Å². The third-order valence-corrected chi connectivity index (χ3v) is 16.3. The quantitative estimate of drug-likeness (QED) is 0.0839. The molecule has 400 valence electrons. The molecule has 0 fully saturated rings. The van der Waals surface area contributed by atoms with Crippen LogP contribution in [0.2, 0.25) is 0 Å². The summed E-state index contributed by atoms with van der Waals surface area (Å²) in [7, 11) is 1.78. The zero-order chi connectivity index (χ0) is 52.8. The first kappa shape index (κ1) is 62.8. The second-order valence-corrected chi connectivity index (χ2v) is 24.1. The van der Waals surface area contributed by atoms with E-state index in [1.165, 1.54) is 131 Å². The highest BCUT2D eigenvalue weighted by Gasteiger charge is 2.36. The maximum absolute atomic E-state index is 11.4. The Labute approximate surface area is 430 Å². The molecule has 0 spiro atoms. The van der Waals surface area contributed by atoms with Crippen molar-refractivity contribution >= 4 is 11.9 Å². The predicted molar refractivity (Wildman–Crippen MR) is 293 cm³/mol. The fourth-order valence-corrected chi connectivity index (χ4v) is 11.2. The summed E-state index contributed by atoms with van der Waals surface area (Å²) in [6, 6.07) is 0. The fourth-order valence-electron chi connectivity index (χ4n) is 11.2. The highest BCUT2D eigenvalue weighted by atomic mass is 16.5. The average Bonchev–Trinajstić information content (AvgIpc) is 3.27. The van der Waals surface area contributed by atoms with Crippen molar-refractivity contribution in [1.82, 2.24) is 0 Å². The van der Waals surface area contributed by atoms with Gasteiger partial charge >= 0.3 is 6.15 Å². The Morgan fingerprint density at radius 1 is 0.514 bits per heavy atom. The Hall–Kier alpha value is -3.31. The SMILES string of the molecule is CC(=O)COc1c(C)c(C)c2c(c1C)CC[C@@](C)(CCC[C@H](C)CCC[C@H](C)CCCC(C)C)O2.COc1c(C)c(C)c2c(c1C)CC[C@@](C)(CCC[C@H](C)CCC[C@H](C)CCCC(C)C)O2.O=C=O. The van der Waals surface area contributed by atoms with E-state index >= 15 is 0 Å². The molecule has 0 saturated heterocycles. The number of ether oxygens (including phenoxy) is 4. The minimum atomic E-state index is -0.0942. The summed E-state index contributed by atoms with van der Waals surface area (Å²) < 4.78 is 25.0. The van der Waals surface area contributed by atoms with E-state index in [1.807, 2.05) is 0 Å². The minimum Gasteiger partial charge on any atom is -0.496 e. The normalized spacial score (nSPS) is 18.9. The third kappa shape index (κ3) is 21.0. The lowest BCUT2D eigenvalue weighted by Crippen LogP contribution is -2.37. The van der Waals surface area contributed by atoms with E-state index in [1.54, 1.807) is 14.0 Å². The van der Waals surface area contributed by atoms with Crippen molar-refractivity contribution in [1.29, 1.82) is 0 Å². The van der Waals surface area contributed by atoms with Crippen LogP contribution in [0, 0.1) is 77.0 Å². The van der Waals surface area contributed by atoms with Crippen LogP contribution in [-0.4, -0.2) is 36.9 Å². The molecule has 6 atom stereocenters. The zero-order valence-electron chi connectivity index (χ0n) is 48.6. The highest BCUT2D eigenvalue weighted by molar-refractivity contribution is 5.77. The van der Waals surface area contributed by atoms with E-state index in [0.717, 1.165) is 114 Å². The topological polar surface area (TPSA) is 88.1 Å². The van der Waals surface area contributed by atoms with E-state index in [-0.39, 0.29) is 29.7 Å². The summed E-state index contributed by atoms with van der Waals surface area (Å²) in [5.41, 5.74) is 9.63. The van der Waals surface area contributed by atoms with Crippen molar-refractivity contribution < 1.29 is 33.3 Å². The molecule has 2 aliphatic rings. The van der Waals surface area contributed by atoms with Gasteiger partial charge in [-0.05, 0) is 183 Å². The molecule has 0 amide bonds. The first-order valence-corrected chi connectivity index (χ1v) is 28.2. The van der Waals surface area contributed by atoms with Crippen LogP contribution >= 0.6 is 0 Å². The maximum atomic E-state index is 11.4. The van der Waals surface area contributed by atoms with Gasteiger partial charge in [0.05, 0.1) is 7.11 Å². The molecule has 2 aromatic rings. The number of hydrogen-bond acceptors (Lipinski definition) is 7. The molecule has 7 heteroatoms. The van der Waals surface area contributed by atoms with Crippen LogP contribution in [0.15, 0.2) is 0 Å². The Morgan fingerprint density at radius 2 is 0.829 bits per heavy atom. The van der Waals surface area contributed by atoms with Crippen molar-refractivity contribution in [3.8, 4) is 23.0 Å². The zero-order valence-corrected chi connectivity index (χ0v) is 48.6. The molecule has 2 aliphatic heterocycles. The van der Waals surface area contributed by atoms with Crippen LogP contribution in [0.25, 0.3) is 0 Å². The Balaban J connectivity index is 0.000000456. The molecular weight excluding hydrogens is 869 g/mol. The number of carbonyl (C=O) groups excluding carboxylic acids is 3. The number of carbonyl (C=O) groups is 1. The van der Waals surface area contributed by atoms with Crippen LogP contribution < -0.4 is 18.9 Å². The summed E-state index contributed by atoms with van der Waals surface area (Å²) in [5, 5.41) is 0. The van der Waals surface area contributed by atoms with Crippen molar-refractivity contribution in [2.75, 3.05) is 13.7 Å². The van der Waals surface area contributed by atoms with E-state index < -0.39 is 0 Å². The second-order valence-electron chi connectivity index (χ2n) is 24.1. The number of methoxy groups -OCH3 is 1. The molecule has 2 aromatic carbocycles. The number of ketones is 1. The highest BCUT2D eigenvalue weighted by Crippen LogP contribution is 2.46. The van der Waals surface area contributed by atoms with Crippen LogP contribution in [0.5, 0.6) is 23.0 Å². The Bertz CT molecular complexity index is 1900. The van der Waals surface area contributed by atoms with Gasteiger partial charge < -0.3 is 18.9 Å². The van der Waals surface area contributed by atoms with E-state index in [4.69, 9.17) is 28.5 Å². The van der Waals surface area contributed by atoms with Gasteiger partial charge in [-0.3, -0.25) is 4.79 Å². The van der Waals surface area contributed by atoms with Gasteiger partial charge in [-0.1, -0.05) is 145 Å². The number of benzene rings is 2. The van der Waals surface area contributed by atoms with Crippen molar-refractivity contribution in [3.63, 3.8) is 0 Å². The molecule has 70 heavy (non-hydrogen) atoms. The van der Waals surface area contributed by atoms with Gasteiger partial charge in [0.1, 0.15) is 40.8 Å². The van der Waals surface area contributed by atoms with Crippen molar-refractivity contribution in [2.24, 2.45) is 35.5 Å². The summed E-state index contributed by atoms with van der Waals surface area (Å²) in [4.78, 5) is 27.7. The molecule has 0 aliphatic carbocycles. The minimum absolute atomic E-state index is 0.0319. The predicted octanol–water partition coefficient (Wildman–Crippen LogP) is 17.7. The smallest absolute Gasteiger partial charge is 0.373 e. The first-order valence-electron chi connectivity index (χ1n) is 28.2. The van der Waals surface area contributed by atoms with E-state index in [0.29, 0.717) is 0 Å². The largest absolute Gasteiger partial charge is 0.496 e. The molecule has 2 heterocycles. The average molecular weight is 976 g/mol. The summed E-state index contributed by atoms with van der Waals surface area (Å²) in [6.45, 7) is 38.3. The lowest BCUT2D eigenvalue weighted by atomic mass is 9.83.